The Labute approximate surface area is 175 Å². The van der Waals surface area contributed by atoms with E-state index >= 15 is 0 Å². The van der Waals surface area contributed by atoms with Crippen LogP contribution in [0.2, 0.25) is 5.02 Å². The van der Waals surface area contributed by atoms with E-state index in [1.807, 2.05) is 19.1 Å². The molecule has 0 atom stereocenters. The highest BCUT2D eigenvalue weighted by molar-refractivity contribution is 6.30. The number of guanidine groups is 1. The van der Waals surface area contributed by atoms with Gasteiger partial charge < -0.3 is 20.1 Å². The molecule has 0 saturated carbocycles. The lowest BCUT2D eigenvalue weighted by atomic mass is 9.93. The quantitative estimate of drug-likeness (QED) is 0.553. The van der Waals surface area contributed by atoms with Crippen LogP contribution in [-0.2, 0) is 11.3 Å². The van der Waals surface area contributed by atoms with Gasteiger partial charge in [0.15, 0.2) is 5.96 Å². The molecule has 0 radical (unpaired) electrons. The average molecular weight is 419 g/mol. The number of benzene rings is 1. The Balaban J connectivity index is 1.60. The van der Waals surface area contributed by atoms with Crippen LogP contribution in [0.15, 0.2) is 33.8 Å². The van der Waals surface area contributed by atoms with Gasteiger partial charge in [-0.15, -0.1) is 0 Å². The molecule has 0 spiro atoms. The first-order valence-corrected chi connectivity index (χ1v) is 10.3. The molecule has 9 heteroatoms. The molecule has 1 amide bonds. The van der Waals surface area contributed by atoms with E-state index in [4.69, 9.17) is 16.1 Å². The molecular formula is C20H27ClN6O2. The summed E-state index contributed by atoms with van der Waals surface area (Å²) in [4.78, 5) is 22.9. The van der Waals surface area contributed by atoms with Crippen LogP contribution < -0.4 is 10.6 Å². The third kappa shape index (κ3) is 5.93. The summed E-state index contributed by atoms with van der Waals surface area (Å²) in [7, 11) is 1.68. The number of rotatable bonds is 6. The highest BCUT2D eigenvalue weighted by atomic mass is 35.5. The van der Waals surface area contributed by atoms with Crippen LogP contribution in [0.4, 0.5) is 0 Å². The van der Waals surface area contributed by atoms with Crippen LogP contribution in [0.3, 0.4) is 0 Å². The molecule has 1 aliphatic heterocycles. The molecule has 0 bridgehead atoms. The molecular weight excluding hydrogens is 392 g/mol. The van der Waals surface area contributed by atoms with Gasteiger partial charge in [-0.3, -0.25) is 4.79 Å². The molecule has 29 heavy (non-hydrogen) atoms. The third-order valence-electron chi connectivity index (χ3n) is 4.94. The summed E-state index contributed by atoms with van der Waals surface area (Å²) in [5.41, 5.74) is 0.846. The Morgan fingerprint density at radius 2 is 2.03 bits per heavy atom. The molecule has 8 nitrogen and oxygen atoms in total. The molecule has 2 N–H and O–H groups in total. The molecule has 1 aromatic carbocycles. The fraction of sp³-hybridized carbons (Fsp3) is 0.500. The van der Waals surface area contributed by atoms with Gasteiger partial charge in [-0.2, -0.15) is 4.98 Å². The summed E-state index contributed by atoms with van der Waals surface area (Å²) in [5, 5.41) is 10.7. The predicted octanol–water partition coefficient (Wildman–Crippen LogP) is 2.70. The Kier molecular flexibility index (Phi) is 7.46. The molecule has 3 rings (SSSR count). The first kappa shape index (κ1) is 21.1. The summed E-state index contributed by atoms with van der Waals surface area (Å²) in [5.74, 6) is 2.34. The van der Waals surface area contributed by atoms with E-state index in [1.54, 1.807) is 19.2 Å². The van der Waals surface area contributed by atoms with Crippen molar-refractivity contribution in [1.29, 1.82) is 0 Å². The first-order valence-electron chi connectivity index (χ1n) is 9.91. The molecule has 0 unspecified atom stereocenters. The van der Waals surface area contributed by atoms with Crippen molar-refractivity contribution in [2.45, 2.75) is 32.7 Å². The number of nitrogens with zero attached hydrogens (tertiary/aromatic N) is 4. The number of hydrogen-bond donors (Lipinski definition) is 2. The van der Waals surface area contributed by atoms with Gasteiger partial charge in [0.1, 0.15) is 6.54 Å². The largest absolute Gasteiger partial charge is 0.359 e. The minimum atomic E-state index is 0.108. The van der Waals surface area contributed by atoms with Crippen molar-refractivity contribution < 1.29 is 9.32 Å². The van der Waals surface area contributed by atoms with Crippen LogP contribution in [-0.4, -0.2) is 53.6 Å². The van der Waals surface area contributed by atoms with E-state index < -0.39 is 0 Å². The number of hydrogen-bond acceptors (Lipinski definition) is 5. The van der Waals surface area contributed by atoms with Crippen molar-refractivity contribution >= 4 is 23.5 Å². The first-order chi connectivity index (χ1) is 14.1. The van der Waals surface area contributed by atoms with Gasteiger partial charge >= 0.3 is 0 Å². The molecule has 1 aromatic heterocycles. The van der Waals surface area contributed by atoms with Gasteiger partial charge in [0.25, 0.3) is 0 Å². The molecule has 156 valence electrons. The van der Waals surface area contributed by atoms with Gasteiger partial charge in [0, 0.05) is 43.7 Å². The van der Waals surface area contributed by atoms with Crippen LogP contribution in [0.25, 0.3) is 11.4 Å². The third-order valence-corrected chi connectivity index (χ3v) is 5.19. The van der Waals surface area contributed by atoms with Crippen LogP contribution in [0.5, 0.6) is 0 Å². The fourth-order valence-electron chi connectivity index (χ4n) is 3.32. The monoisotopic (exact) mass is 418 g/mol. The highest BCUT2D eigenvalue weighted by Crippen LogP contribution is 2.21. The second-order valence-corrected chi connectivity index (χ2v) is 7.43. The maximum Gasteiger partial charge on any atom is 0.248 e. The number of carbonyl (C=O) groups excluding carboxylic acids is 1. The van der Waals surface area contributed by atoms with E-state index in [9.17, 15) is 4.79 Å². The molecule has 2 heterocycles. The minimum Gasteiger partial charge on any atom is -0.359 e. The smallest absolute Gasteiger partial charge is 0.248 e. The van der Waals surface area contributed by atoms with Crippen molar-refractivity contribution in [3.8, 4) is 11.4 Å². The van der Waals surface area contributed by atoms with Gasteiger partial charge in [-0.05, 0) is 49.9 Å². The second kappa shape index (κ2) is 10.2. The highest BCUT2D eigenvalue weighted by Gasteiger charge is 2.23. The number of halogens is 1. The van der Waals surface area contributed by atoms with Crippen molar-refractivity contribution in [1.82, 2.24) is 25.7 Å². The number of carbonyl (C=O) groups is 1. The summed E-state index contributed by atoms with van der Waals surface area (Å²) in [6.45, 7) is 4.86. The van der Waals surface area contributed by atoms with Crippen molar-refractivity contribution in [2.75, 3.05) is 26.7 Å². The lowest BCUT2D eigenvalue weighted by Gasteiger charge is -2.34. The van der Waals surface area contributed by atoms with E-state index in [0.29, 0.717) is 35.6 Å². The van der Waals surface area contributed by atoms with E-state index in [1.165, 1.54) is 0 Å². The maximum absolute atomic E-state index is 11.6. The maximum atomic E-state index is 11.6. The lowest BCUT2D eigenvalue weighted by Crippen LogP contribution is -2.46. The Morgan fingerprint density at radius 3 is 2.69 bits per heavy atom. The topological polar surface area (TPSA) is 95.7 Å². The summed E-state index contributed by atoms with van der Waals surface area (Å²) >= 11 is 5.92. The summed E-state index contributed by atoms with van der Waals surface area (Å²) < 4.78 is 5.35. The van der Waals surface area contributed by atoms with Gasteiger partial charge in [0.05, 0.1) is 0 Å². The lowest BCUT2D eigenvalue weighted by molar-refractivity contribution is -0.121. The van der Waals surface area contributed by atoms with Crippen molar-refractivity contribution in [3.05, 3.63) is 35.2 Å². The Morgan fingerprint density at radius 1 is 1.31 bits per heavy atom. The number of nitrogens with one attached hydrogen (secondary N) is 2. The fourth-order valence-corrected chi connectivity index (χ4v) is 3.44. The SMILES string of the molecule is CCNC(=NCc1nc(-c2ccc(Cl)cc2)no1)N1CCC(CC(=O)NC)CC1. The zero-order valence-corrected chi connectivity index (χ0v) is 17.6. The predicted molar refractivity (Wildman–Crippen MR) is 113 cm³/mol. The summed E-state index contributed by atoms with van der Waals surface area (Å²) in [6.07, 6.45) is 2.53. The van der Waals surface area contributed by atoms with Gasteiger partial charge in [-0.1, -0.05) is 16.8 Å². The van der Waals surface area contributed by atoms with Crippen LogP contribution in [0.1, 0.15) is 32.1 Å². The molecule has 1 saturated heterocycles. The van der Waals surface area contributed by atoms with Crippen LogP contribution in [0, 0.1) is 5.92 Å². The van der Waals surface area contributed by atoms with Crippen molar-refractivity contribution in [3.63, 3.8) is 0 Å². The molecule has 1 aliphatic rings. The number of amides is 1. The number of piperidine rings is 1. The number of aromatic nitrogens is 2. The molecule has 2 aromatic rings. The van der Waals surface area contributed by atoms with Crippen molar-refractivity contribution in [2.24, 2.45) is 10.9 Å². The number of aliphatic imine (C=N–C) groups is 1. The minimum absolute atomic E-state index is 0.108. The van der Waals surface area contributed by atoms with E-state index in [-0.39, 0.29) is 5.91 Å². The Bertz CT molecular complexity index is 828. The standard InChI is InChI=1S/C20H27ClN6O2/c1-3-23-20(27-10-8-14(9-11-27)12-17(28)22-2)24-13-18-25-19(26-29-18)15-4-6-16(21)7-5-15/h4-7,14H,3,8-13H2,1-2H3,(H,22,28)(H,23,24). The van der Waals surface area contributed by atoms with Gasteiger partial charge in [0.2, 0.25) is 17.6 Å². The average Bonchev–Trinajstić information content (AvgIpc) is 3.21. The zero-order chi connectivity index (χ0) is 20.6. The van der Waals surface area contributed by atoms with E-state index in [0.717, 1.165) is 44.0 Å². The zero-order valence-electron chi connectivity index (χ0n) is 16.8. The number of likely N-dealkylation sites (tertiary alicyclic amines) is 1. The molecule has 1 fully saturated rings. The second-order valence-electron chi connectivity index (χ2n) is 7.00. The van der Waals surface area contributed by atoms with Crippen LogP contribution >= 0.6 is 11.6 Å². The van der Waals surface area contributed by atoms with E-state index in [2.05, 4.69) is 30.7 Å². The van der Waals surface area contributed by atoms with Gasteiger partial charge in [-0.25, -0.2) is 4.99 Å². The summed E-state index contributed by atoms with van der Waals surface area (Å²) in [6, 6.07) is 7.30. The normalized spacial score (nSPS) is 15.4. The Hall–Kier alpha value is -2.61. The molecule has 0 aliphatic carbocycles.